The molecule has 1 heterocycles. The Morgan fingerprint density at radius 1 is 1.44 bits per heavy atom. The van der Waals surface area contributed by atoms with Crippen LogP contribution in [-0.4, -0.2) is 15.3 Å². The first-order valence-corrected chi connectivity index (χ1v) is 5.95. The fraction of sp³-hybridized carbons (Fsp3) is 0.500. The van der Waals surface area contributed by atoms with Crippen molar-refractivity contribution in [2.75, 3.05) is 0 Å². The van der Waals surface area contributed by atoms with Crippen molar-refractivity contribution in [1.29, 1.82) is 0 Å². The number of carbonyl (C=O) groups is 1. The van der Waals surface area contributed by atoms with Crippen molar-refractivity contribution >= 4 is 11.5 Å². The average molecular weight is 250 g/mol. The van der Waals surface area contributed by atoms with Crippen LogP contribution in [-0.2, 0) is 11.3 Å². The molecule has 6 nitrogen and oxygen atoms in total. The number of pyridine rings is 1. The Hall–Kier alpha value is -1.98. The van der Waals surface area contributed by atoms with E-state index in [9.17, 15) is 19.7 Å². The molecule has 0 atom stereocenters. The lowest BCUT2D eigenvalue weighted by molar-refractivity contribution is -0.386. The van der Waals surface area contributed by atoms with Crippen LogP contribution in [0.2, 0.25) is 0 Å². The first-order chi connectivity index (χ1) is 8.58. The Bertz CT molecular complexity index is 529. The van der Waals surface area contributed by atoms with Crippen molar-refractivity contribution in [3.05, 3.63) is 38.8 Å². The molecule has 0 N–H and O–H groups in total. The van der Waals surface area contributed by atoms with E-state index in [1.807, 2.05) is 0 Å². The van der Waals surface area contributed by atoms with E-state index in [-0.39, 0.29) is 18.2 Å². The molecule has 1 saturated carbocycles. The molecular weight excluding hydrogens is 236 g/mol. The van der Waals surface area contributed by atoms with Crippen LogP contribution in [0.25, 0.3) is 0 Å². The monoisotopic (exact) mass is 250 g/mol. The largest absolute Gasteiger partial charge is 0.341 e. The summed E-state index contributed by atoms with van der Waals surface area (Å²) in [6, 6.07) is 1.13. The summed E-state index contributed by atoms with van der Waals surface area (Å²) in [7, 11) is 0. The van der Waals surface area contributed by atoms with Gasteiger partial charge in [0.15, 0.2) is 5.78 Å². The third-order valence-corrected chi connectivity index (χ3v) is 3.30. The number of nitrogens with zero attached hydrogens (tertiary/aromatic N) is 2. The molecule has 1 aliphatic rings. The third kappa shape index (κ3) is 2.64. The van der Waals surface area contributed by atoms with E-state index in [0.29, 0.717) is 0 Å². The van der Waals surface area contributed by atoms with Gasteiger partial charge in [-0.25, -0.2) is 0 Å². The number of hydrogen-bond acceptors (Lipinski definition) is 4. The predicted octanol–water partition coefficient (Wildman–Crippen LogP) is 1.52. The molecule has 0 saturated heterocycles. The van der Waals surface area contributed by atoms with Gasteiger partial charge in [0.05, 0.1) is 17.7 Å². The van der Waals surface area contributed by atoms with Gasteiger partial charge in [-0.1, -0.05) is 12.8 Å². The van der Waals surface area contributed by atoms with Gasteiger partial charge in [0, 0.05) is 18.2 Å². The maximum Gasteiger partial charge on any atom is 0.332 e. The number of hydrogen-bond donors (Lipinski definition) is 0. The molecule has 0 radical (unpaired) electrons. The molecule has 0 bridgehead atoms. The van der Waals surface area contributed by atoms with E-state index in [0.717, 1.165) is 37.9 Å². The van der Waals surface area contributed by atoms with Gasteiger partial charge in [-0.2, -0.15) is 0 Å². The first kappa shape index (κ1) is 12.5. The van der Waals surface area contributed by atoms with E-state index in [1.54, 1.807) is 0 Å². The number of nitro groups is 1. The maximum atomic E-state index is 11.9. The fourth-order valence-corrected chi connectivity index (χ4v) is 2.30. The van der Waals surface area contributed by atoms with Crippen LogP contribution in [0.5, 0.6) is 0 Å². The van der Waals surface area contributed by atoms with Crippen LogP contribution < -0.4 is 5.43 Å². The van der Waals surface area contributed by atoms with Gasteiger partial charge < -0.3 is 4.57 Å². The van der Waals surface area contributed by atoms with Crippen molar-refractivity contribution in [1.82, 2.24) is 4.57 Å². The molecule has 1 aromatic rings. The highest BCUT2D eigenvalue weighted by molar-refractivity contribution is 5.81. The Balaban J connectivity index is 2.14. The number of aromatic nitrogens is 1. The first-order valence-electron chi connectivity index (χ1n) is 5.95. The Kier molecular flexibility index (Phi) is 3.55. The second-order valence-electron chi connectivity index (χ2n) is 4.57. The number of ketones is 1. The topological polar surface area (TPSA) is 82.2 Å². The lowest BCUT2D eigenvalue weighted by atomic mass is 10.0. The van der Waals surface area contributed by atoms with Crippen molar-refractivity contribution in [2.45, 2.75) is 32.2 Å². The number of Topliss-reactive ketones (excluding diaryl/α,β-unsaturated/α-hetero) is 1. The summed E-state index contributed by atoms with van der Waals surface area (Å²) in [5.74, 6) is 0.161. The van der Waals surface area contributed by atoms with E-state index >= 15 is 0 Å². The Labute approximate surface area is 103 Å². The standard InChI is InChI=1S/C12H14N2O4/c15-11-5-6-13(7-10(11)14(17)18)8-12(16)9-3-1-2-4-9/h5-7,9H,1-4,8H2. The zero-order valence-corrected chi connectivity index (χ0v) is 9.87. The van der Waals surface area contributed by atoms with Gasteiger partial charge in [-0.05, 0) is 12.8 Å². The third-order valence-electron chi connectivity index (χ3n) is 3.30. The molecule has 0 aliphatic heterocycles. The molecule has 1 aromatic heterocycles. The highest BCUT2D eigenvalue weighted by Crippen LogP contribution is 2.25. The zero-order valence-electron chi connectivity index (χ0n) is 9.87. The summed E-state index contributed by atoms with van der Waals surface area (Å²) >= 11 is 0. The molecule has 1 fully saturated rings. The molecule has 2 rings (SSSR count). The van der Waals surface area contributed by atoms with Gasteiger partial charge in [0.1, 0.15) is 0 Å². The minimum atomic E-state index is -0.723. The van der Waals surface area contributed by atoms with Crippen LogP contribution in [0.3, 0.4) is 0 Å². The quantitative estimate of drug-likeness (QED) is 0.599. The highest BCUT2D eigenvalue weighted by Gasteiger charge is 2.23. The van der Waals surface area contributed by atoms with Crippen LogP contribution in [0.4, 0.5) is 5.69 Å². The molecule has 0 amide bonds. The van der Waals surface area contributed by atoms with Crippen molar-refractivity contribution < 1.29 is 9.72 Å². The summed E-state index contributed by atoms with van der Waals surface area (Å²) in [4.78, 5) is 33.0. The van der Waals surface area contributed by atoms with Crippen LogP contribution in [0.15, 0.2) is 23.3 Å². The van der Waals surface area contributed by atoms with Gasteiger partial charge >= 0.3 is 5.69 Å². The SMILES string of the molecule is O=C(Cn1ccc(=O)c([N+](=O)[O-])c1)C1CCCC1. The summed E-state index contributed by atoms with van der Waals surface area (Å²) in [6.45, 7) is 0.103. The lowest BCUT2D eigenvalue weighted by Crippen LogP contribution is -2.19. The Morgan fingerprint density at radius 2 is 2.11 bits per heavy atom. The van der Waals surface area contributed by atoms with E-state index in [2.05, 4.69) is 0 Å². The van der Waals surface area contributed by atoms with Crippen molar-refractivity contribution in [3.63, 3.8) is 0 Å². The zero-order chi connectivity index (χ0) is 13.1. The predicted molar refractivity (Wildman–Crippen MR) is 64.3 cm³/mol. The van der Waals surface area contributed by atoms with E-state index in [1.165, 1.54) is 10.8 Å². The smallest absolute Gasteiger partial charge is 0.332 e. The minimum absolute atomic E-state index is 0.0727. The minimum Gasteiger partial charge on any atom is -0.341 e. The lowest BCUT2D eigenvalue weighted by Gasteiger charge is -2.09. The van der Waals surface area contributed by atoms with Gasteiger partial charge in [-0.3, -0.25) is 19.7 Å². The second kappa shape index (κ2) is 5.12. The molecule has 0 spiro atoms. The molecule has 1 aliphatic carbocycles. The van der Waals surface area contributed by atoms with Crippen LogP contribution in [0.1, 0.15) is 25.7 Å². The van der Waals surface area contributed by atoms with Gasteiger partial charge in [0.25, 0.3) is 5.43 Å². The Morgan fingerprint density at radius 3 is 2.72 bits per heavy atom. The molecule has 0 unspecified atom stereocenters. The van der Waals surface area contributed by atoms with Gasteiger partial charge in [0.2, 0.25) is 0 Å². The highest BCUT2D eigenvalue weighted by atomic mass is 16.6. The molecule has 18 heavy (non-hydrogen) atoms. The van der Waals surface area contributed by atoms with E-state index in [4.69, 9.17) is 0 Å². The molecule has 96 valence electrons. The van der Waals surface area contributed by atoms with Gasteiger partial charge in [-0.15, -0.1) is 0 Å². The average Bonchev–Trinajstić information content (AvgIpc) is 2.85. The summed E-state index contributed by atoms with van der Waals surface area (Å²) in [5, 5.41) is 10.6. The fourth-order valence-electron chi connectivity index (χ4n) is 2.30. The summed E-state index contributed by atoms with van der Waals surface area (Å²) in [5.41, 5.74) is -1.12. The normalized spacial score (nSPS) is 15.8. The second-order valence-corrected chi connectivity index (χ2v) is 4.57. The van der Waals surface area contributed by atoms with Crippen molar-refractivity contribution in [3.8, 4) is 0 Å². The van der Waals surface area contributed by atoms with Crippen LogP contribution in [0, 0.1) is 16.0 Å². The van der Waals surface area contributed by atoms with Crippen molar-refractivity contribution in [2.24, 2.45) is 5.92 Å². The molecule has 0 aromatic carbocycles. The molecule has 6 heteroatoms. The summed E-state index contributed by atoms with van der Waals surface area (Å²) < 4.78 is 1.42. The molecular formula is C12H14N2O4. The summed E-state index contributed by atoms with van der Waals surface area (Å²) in [6.07, 6.45) is 6.50. The number of rotatable bonds is 4. The van der Waals surface area contributed by atoms with E-state index < -0.39 is 16.0 Å². The number of carbonyl (C=O) groups excluding carboxylic acids is 1. The maximum absolute atomic E-state index is 11.9. The van der Waals surface area contributed by atoms with Crippen LogP contribution >= 0.6 is 0 Å².